The molecule has 1 saturated heterocycles. The van der Waals surface area contributed by atoms with E-state index in [1.807, 2.05) is 41.3 Å². The molecule has 0 spiro atoms. The molecule has 0 N–H and O–H groups in total. The summed E-state index contributed by atoms with van der Waals surface area (Å²) in [6, 6.07) is 16.0. The Balaban J connectivity index is 1.31. The standard InChI is InChI=1S/C21H22Cl2N2O/c22-19-7-4-8-20(23)18(19)14-24-9-11-25(12-10-24)21(26)17-13-16(17)15-5-2-1-3-6-15/h1-8,16-17H,9-14H2. The van der Waals surface area contributed by atoms with Crippen molar-refractivity contribution < 1.29 is 4.79 Å². The first kappa shape index (κ1) is 17.8. The van der Waals surface area contributed by atoms with Crippen LogP contribution in [0.5, 0.6) is 0 Å². The normalized spacial score (nSPS) is 23.1. The van der Waals surface area contributed by atoms with Crippen molar-refractivity contribution in [3.05, 3.63) is 69.7 Å². The average Bonchev–Trinajstić information content (AvgIpc) is 3.46. The molecule has 5 heteroatoms. The van der Waals surface area contributed by atoms with Crippen LogP contribution in [0.4, 0.5) is 0 Å². The fraction of sp³-hybridized carbons (Fsp3) is 0.381. The molecule has 0 radical (unpaired) electrons. The molecule has 2 unspecified atom stereocenters. The number of rotatable bonds is 4. The highest BCUT2D eigenvalue weighted by atomic mass is 35.5. The van der Waals surface area contributed by atoms with Crippen LogP contribution in [0.2, 0.25) is 10.0 Å². The lowest BCUT2D eigenvalue weighted by Gasteiger charge is -2.35. The molecule has 1 heterocycles. The lowest BCUT2D eigenvalue weighted by atomic mass is 10.1. The minimum absolute atomic E-state index is 0.168. The van der Waals surface area contributed by atoms with Crippen molar-refractivity contribution in [1.29, 1.82) is 0 Å². The fourth-order valence-corrected chi connectivity index (χ4v) is 4.32. The van der Waals surface area contributed by atoms with Gasteiger partial charge in [-0.2, -0.15) is 0 Å². The molecule has 0 aromatic heterocycles. The highest BCUT2D eigenvalue weighted by molar-refractivity contribution is 6.35. The van der Waals surface area contributed by atoms with Crippen molar-refractivity contribution >= 4 is 29.1 Å². The predicted octanol–water partition coefficient (Wildman–Crippen LogP) is 4.44. The Morgan fingerprint density at radius 3 is 2.23 bits per heavy atom. The van der Waals surface area contributed by atoms with Crippen molar-refractivity contribution in [2.45, 2.75) is 18.9 Å². The van der Waals surface area contributed by atoms with Gasteiger partial charge in [0.25, 0.3) is 0 Å². The summed E-state index contributed by atoms with van der Waals surface area (Å²) >= 11 is 12.6. The number of hydrogen-bond acceptors (Lipinski definition) is 2. The minimum atomic E-state index is 0.168. The van der Waals surface area contributed by atoms with Gasteiger partial charge in [-0.25, -0.2) is 0 Å². The van der Waals surface area contributed by atoms with Crippen LogP contribution >= 0.6 is 23.2 Å². The number of benzene rings is 2. The second-order valence-electron chi connectivity index (χ2n) is 7.16. The van der Waals surface area contributed by atoms with Gasteiger partial charge in [0, 0.05) is 54.3 Å². The third-order valence-electron chi connectivity index (χ3n) is 5.46. The van der Waals surface area contributed by atoms with E-state index in [2.05, 4.69) is 17.0 Å². The summed E-state index contributed by atoms with van der Waals surface area (Å²) in [6.07, 6.45) is 0.984. The number of carbonyl (C=O) groups is 1. The van der Waals surface area contributed by atoms with Crippen molar-refractivity contribution in [1.82, 2.24) is 9.80 Å². The third-order valence-corrected chi connectivity index (χ3v) is 6.17. The van der Waals surface area contributed by atoms with Crippen molar-refractivity contribution in [3.8, 4) is 0 Å². The maximum absolute atomic E-state index is 12.8. The van der Waals surface area contributed by atoms with E-state index >= 15 is 0 Å². The summed E-state index contributed by atoms with van der Waals surface area (Å²) in [5, 5.41) is 1.42. The van der Waals surface area contributed by atoms with Crippen LogP contribution in [0.1, 0.15) is 23.5 Å². The Hall–Kier alpha value is -1.55. The predicted molar refractivity (Wildman–Crippen MR) is 106 cm³/mol. The number of piperazine rings is 1. The highest BCUT2D eigenvalue weighted by Crippen LogP contribution is 2.48. The summed E-state index contributed by atoms with van der Waals surface area (Å²) in [5.41, 5.74) is 2.26. The van der Waals surface area contributed by atoms with Gasteiger partial charge in [0.05, 0.1) is 0 Å². The van der Waals surface area contributed by atoms with Gasteiger partial charge in [0.2, 0.25) is 5.91 Å². The molecule has 1 aliphatic heterocycles. The molecule has 3 nitrogen and oxygen atoms in total. The molecule has 1 amide bonds. The molecule has 4 rings (SSSR count). The molecule has 26 heavy (non-hydrogen) atoms. The lowest BCUT2D eigenvalue weighted by Crippen LogP contribution is -2.48. The zero-order chi connectivity index (χ0) is 18.1. The maximum atomic E-state index is 12.8. The summed E-state index contributed by atoms with van der Waals surface area (Å²) in [7, 11) is 0. The van der Waals surface area contributed by atoms with E-state index in [0.29, 0.717) is 21.9 Å². The van der Waals surface area contributed by atoms with Crippen LogP contribution in [0, 0.1) is 5.92 Å². The third kappa shape index (κ3) is 3.75. The van der Waals surface area contributed by atoms with Gasteiger partial charge in [-0.3, -0.25) is 9.69 Å². The summed E-state index contributed by atoms with van der Waals surface area (Å²) in [4.78, 5) is 17.1. The van der Waals surface area contributed by atoms with Crippen LogP contribution in [0.25, 0.3) is 0 Å². The second-order valence-corrected chi connectivity index (χ2v) is 7.98. The van der Waals surface area contributed by atoms with E-state index in [1.54, 1.807) is 0 Å². The number of hydrogen-bond donors (Lipinski definition) is 0. The Bertz CT molecular complexity index is 768. The number of nitrogens with zero attached hydrogens (tertiary/aromatic N) is 2. The van der Waals surface area contributed by atoms with E-state index in [0.717, 1.165) is 44.7 Å². The Morgan fingerprint density at radius 1 is 0.923 bits per heavy atom. The molecule has 2 aliphatic rings. The zero-order valence-corrected chi connectivity index (χ0v) is 16.1. The Morgan fingerprint density at radius 2 is 1.58 bits per heavy atom. The van der Waals surface area contributed by atoms with Gasteiger partial charge < -0.3 is 4.90 Å². The summed E-state index contributed by atoms with van der Waals surface area (Å²) in [6.45, 7) is 4.00. The summed E-state index contributed by atoms with van der Waals surface area (Å²) < 4.78 is 0. The largest absolute Gasteiger partial charge is 0.340 e. The maximum Gasteiger partial charge on any atom is 0.226 e. The van der Waals surface area contributed by atoms with E-state index in [4.69, 9.17) is 23.2 Å². The van der Waals surface area contributed by atoms with E-state index in [-0.39, 0.29) is 5.92 Å². The molecular formula is C21H22Cl2N2O. The molecule has 136 valence electrons. The van der Waals surface area contributed by atoms with Crippen molar-refractivity contribution in [3.63, 3.8) is 0 Å². The van der Waals surface area contributed by atoms with Gasteiger partial charge in [0.15, 0.2) is 0 Å². The first-order valence-corrected chi connectivity index (χ1v) is 9.88. The molecule has 2 atom stereocenters. The summed E-state index contributed by atoms with van der Waals surface area (Å²) in [5.74, 6) is 0.889. The fourth-order valence-electron chi connectivity index (χ4n) is 3.80. The van der Waals surface area contributed by atoms with Gasteiger partial charge in [0.1, 0.15) is 0 Å². The molecule has 0 bridgehead atoms. The zero-order valence-electron chi connectivity index (χ0n) is 14.6. The van der Waals surface area contributed by atoms with Crippen molar-refractivity contribution in [2.24, 2.45) is 5.92 Å². The van der Waals surface area contributed by atoms with Crippen LogP contribution in [0.15, 0.2) is 48.5 Å². The first-order chi connectivity index (χ1) is 12.6. The van der Waals surface area contributed by atoms with Gasteiger partial charge in [-0.05, 0) is 30.0 Å². The van der Waals surface area contributed by atoms with Crippen LogP contribution in [-0.2, 0) is 11.3 Å². The van der Waals surface area contributed by atoms with E-state index in [9.17, 15) is 4.79 Å². The van der Waals surface area contributed by atoms with Crippen LogP contribution < -0.4 is 0 Å². The smallest absolute Gasteiger partial charge is 0.226 e. The minimum Gasteiger partial charge on any atom is -0.340 e. The molecule has 1 saturated carbocycles. The van der Waals surface area contributed by atoms with E-state index in [1.165, 1.54) is 5.56 Å². The molecule has 2 aromatic carbocycles. The van der Waals surface area contributed by atoms with Gasteiger partial charge >= 0.3 is 0 Å². The Kier molecular flexibility index (Phi) is 5.21. The first-order valence-electron chi connectivity index (χ1n) is 9.12. The molecular weight excluding hydrogens is 367 g/mol. The quantitative estimate of drug-likeness (QED) is 0.772. The second kappa shape index (κ2) is 7.59. The SMILES string of the molecule is O=C(C1CC1c1ccccc1)N1CCN(Cc2c(Cl)cccc2Cl)CC1. The Labute approximate surface area is 164 Å². The van der Waals surface area contributed by atoms with Crippen LogP contribution in [0.3, 0.4) is 0 Å². The number of amides is 1. The molecule has 1 aliphatic carbocycles. The van der Waals surface area contributed by atoms with Gasteiger partial charge in [-0.1, -0.05) is 59.6 Å². The van der Waals surface area contributed by atoms with Gasteiger partial charge in [-0.15, -0.1) is 0 Å². The average molecular weight is 389 g/mol. The number of carbonyl (C=O) groups excluding carboxylic acids is 1. The monoisotopic (exact) mass is 388 g/mol. The van der Waals surface area contributed by atoms with Crippen molar-refractivity contribution in [2.75, 3.05) is 26.2 Å². The number of halogens is 2. The highest BCUT2D eigenvalue weighted by Gasteiger charge is 2.45. The molecule has 2 fully saturated rings. The lowest BCUT2D eigenvalue weighted by molar-refractivity contribution is -0.134. The van der Waals surface area contributed by atoms with E-state index < -0.39 is 0 Å². The van der Waals surface area contributed by atoms with Crippen LogP contribution in [-0.4, -0.2) is 41.9 Å². The molecule has 2 aromatic rings. The topological polar surface area (TPSA) is 23.6 Å².